The molecule has 1 heterocycles. The molecule has 0 bridgehead atoms. The van der Waals surface area contributed by atoms with E-state index in [9.17, 15) is 0 Å². The summed E-state index contributed by atoms with van der Waals surface area (Å²) in [5.41, 5.74) is 2.01. The van der Waals surface area contributed by atoms with Crippen LogP contribution in [0.15, 0.2) is 30.3 Å². The van der Waals surface area contributed by atoms with Crippen molar-refractivity contribution < 1.29 is 0 Å². The van der Waals surface area contributed by atoms with Crippen LogP contribution in [0.3, 0.4) is 0 Å². The Labute approximate surface area is 90.1 Å². The summed E-state index contributed by atoms with van der Waals surface area (Å²) in [7, 11) is 0.593. The molecule has 0 aliphatic carbocycles. The van der Waals surface area contributed by atoms with Gasteiger partial charge in [0.15, 0.2) is 10.5 Å². The fraction of sp³-hybridized carbons (Fsp3) is 0.538. The first-order chi connectivity index (χ1) is 6.52. The lowest BCUT2D eigenvalue weighted by Gasteiger charge is -2.11. The molecule has 0 spiro atoms. The molecule has 1 unspecified atom stereocenters. The molecule has 0 N–H and O–H groups in total. The topological polar surface area (TPSA) is 0 Å². The molecular weight excluding hydrogens is 188 g/mol. The van der Waals surface area contributed by atoms with Crippen LogP contribution in [0.4, 0.5) is 0 Å². The van der Waals surface area contributed by atoms with Gasteiger partial charge in [0, 0.05) is 21.9 Å². The summed E-state index contributed by atoms with van der Waals surface area (Å²) in [6.07, 6.45) is 2.41. The van der Waals surface area contributed by atoms with Gasteiger partial charge in [0.2, 0.25) is 0 Å². The van der Waals surface area contributed by atoms with Crippen LogP contribution in [0.5, 0.6) is 0 Å². The quantitative estimate of drug-likeness (QED) is 0.489. The molecule has 1 aliphatic heterocycles. The molecule has 14 heavy (non-hydrogen) atoms. The lowest BCUT2D eigenvalue weighted by molar-refractivity contribution is 0.417. The van der Waals surface area contributed by atoms with Crippen LogP contribution in [0.25, 0.3) is 0 Å². The summed E-state index contributed by atoms with van der Waals surface area (Å²) < 4.78 is 0. The summed E-state index contributed by atoms with van der Waals surface area (Å²) in [6.45, 7) is 7.10. The van der Waals surface area contributed by atoms with E-state index in [4.69, 9.17) is 0 Å². The van der Waals surface area contributed by atoms with Crippen molar-refractivity contribution >= 4 is 10.9 Å². The Bertz CT molecular complexity index is 310. The van der Waals surface area contributed by atoms with Crippen LogP contribution < -0.4 is 0 Å². The van der Waals surface area contributed by atoms with Crippen molar-refractivity contribution in [1.29, 1.82) is 0 Å². The molecule has 0 amide bonds. The van der Waals surface area contributed by atoms with E-state index in [0.717, 1.165) is 10.5 Å². The van der Waals surface area contributed by atoms with Crippen molar-refractivity contribution in [2.75, 3.05) is 6.26 Å². The molecule has 0 aromatic heterocycles. The van der Waals surface area contributed by atoms with Gasteiger partial charge in [-0.1, -0.05) is 51.1 Å². The van der Waals surface area contributed by atoms with Crippen molar-refractivity contribution in [3.05, 3.63) is 35.9 Å². The van der Waals surface area contributed by atoms with E-state index in [0.29, 0.717) is 16.3 Å². The third-order valence-electron chi connectivity index (χ3n) is 2.98. The highest BCUT2D eigenvalue weighted by atomic mass is 32.2. The smallest absolute Gasteiger partial charge is 0.0622 e. The van der Waals surface area contributed by atoms with Crippen LogP contribution in [0.1, 0.15) is 31.6 Å². The van der Waals surface area contributed by atoms with Gasteiger partial charge >= 0.3 is 0 Å². The highest BCUT2D eigenvalue weighted by molar-refractivity contribution is 8.04. The van der Waals surface area contributed by atoms with Crippen LogP contribution in [0.2, 0.25) is 0 Å². The van der Waals surface area contributed by atoms with Gasteiger partial charge < -0.3 is 0 Å². The molecule has 0 radical (unpaired) electrons. The largest absolute Gasteiger partial charge is 0.190 e. The van der Waals surface area contributed by atoms with Gasteiger partial charge in [-0.15, -0.1) is 0 Å². The average Bonchev–Trinajstić information content (AvgIpc) is 2.78. The van der Waals surface area contributed by atoms with Gasteiger partial charge in [-0.25, -0.2) is 0 Å². The fourth-order valence-corrected chi connectivity index (χ4v) is 5.56. The molecule has 1 heteroatoms. The first-order valence-electron chi connectivity index (χ1n) is 5.20. The van der Waals surface area contributed by atoms with Crippen molar-refractivity contribution in [2.45, 2.75) is 31.3 Å². The third kappa shape index (κ3) is 1.70. The molecule has 76 valence electrons. The highest BCUT2D eigenvalue weighted by Crippen LogP contribution is 2.55. The van der Waals surface area contributed by atoms with Gasteiger partial charge in [-0.05, 0) is 0 Å². The third-order valence-corrected chi connectivity index (χ3v) is 5.79. The Kier molecular flexibility index (Phi) is 2.38. The van der Waals surface area contributed by atoms with E-state index < -0.39 is 0 Å². The standard InChI is InChI=1S/C13H19S/c1-13(2,3)12-11(14(12)4)10-8-6-5-7-9-10/h5-9,11-12H,1-4H3/q+1/t11-,12+,14?/m1/s1. The first-order valence-corrected chi connectivity index (χ1v) is 6.96. The predicted octanol–water partition coefficient (Wildman–Crippen LogP) is 3.40. The molecule has 0 nitrogen and oxygen atoms in total. The van der Waals surface area contributed by atoms with Crippen LogP contribution in [0, 0.1) is 5.41 Å². The zero-order chi connectivity index (χ0) is 10.3. The van der Waals surface area contributed by atoms with Crippen LogP contribution in [-0.2, 0) is 10.9 Å². The molecule has 1 aromatic carbocycles. The second-order valence-electron chi connectivity index (χ2n) is 5.23. The number of hydrogen-bond donors (Lipinski definition) is 0. The van der Waals surface area contributed by atoms with Crippen LogP contribution in [-0.4, -0.2) is 11.5 Å². The molecule has 1 fully saturated rings. The summed E-state index contributed by atoms with van der Waals surface area (Å²) >= 11 is 0. The van der Waals surface area contributed by atoms with Crippen molar-refractivity contribution in [2.24, 2.45) is 5.41 Å². The Morgan fingerprint density at radius 1 is 1.07 bits per heavy atom. The SMILES string of the molecule is C[S+]1[C@H](c2ccccc2)[C@H]1C(C)(C)C. The van der Waals surface area contributed by atoms with E-state index >= 15 is 0 Å². The minimum Gasteiger partial charge on any atom is -0.0622 e. The lowest BCUT2D eigenvalue weighted by atomic mass is 9.89. The fourth-order valence-electron chi connectivity index (χ4n) is 2.35. The summed E-state index contributed by atoms with van der Waals surface area (Å²) in [5, 5.41) is 1.72. The maximum absolute atomic E-state index is 2.41. The minimum atomic E-state index is 0.471. The summed E-state index contributed by atoms with van der Waals surface area (Å²) in [5.74, 6) is 0. The number of benzene rings is 1. The van der Waals surface area contributed by atoms with E-state index in [1.54, 1.807) is 5.56 Å². The second-order valence-corrected chi connectivity index (χ2v) is 7.46. The van der Waals surface area contributed by atoms with Gasteiger partial charge in [0.25, 0.3) is 0 Å². The summed E-state index contributed by atoms with van der Waals surface area (Å²) in [6, 6.07) is 11.0. The molecule has 1 aromatic rings. The average molecular weight is 207 g/mol. The molecular formula is C13H19S+. The Balaban J connectivity index is 2.18. The van der Waals surface area contributed by atoms with Crippen molar-refractivity contribution in [3.63, 3.8) is 0 Å². The number of hydrogen-bond acceptors (Lipinski definition) is 0. The zero-order valence-corrected chi connectivity index (χ0v) is 10.3. The van der Waals surface area contributed by atoms with Crippen molar-refractivity contribution in [3.8, 4) is 0 Å². The van der Waals surface area contributed by atoms with Gasteiger partial charge in [-0.3, -0.25) is 0 Å². The Hall–Kier alpha value is -0.430. The monoisotopic (exact) mass is 207 g/mol. The van der Waals surface area contributed by atoms with Gasteiger partial charge in [0.05, 0.1) is 6.26 Å². The molecule has 2 rings (SSSR count). The normalized spacial score (nSPS) is 31.6. The van der Waals surface area contributed by atoms with E-state index in [1.165, 1.54) is 0 Å². The maximum atomic E-state index is 2.41. The Morgan fingerprint density at radius 2 is 1.64 bits per heavy atom. The molecule has 0 saturated carbocycles. The van der Waals surface area contributed by atoms with Gasteiger partial charge in [0.1, 0.15) is 0 Å². The predicted molar refractivity (Wildman–Crippen MR) is 65.7 cm³/mol. The van der Waals surface area contributed by atoms with Gasteiger partial charge in [-0.2, -0.15) is 0 Å². The Morgan fingerprint density at radius 3 is 2.07 bits per heavy atom. The molecule has 1 saturated heterocycles. The maximum Gasteiger partial charge on any atom is 0.190 e. The highest BCUT2D eigenvalue weighted by Gasteiger charge is 2.65. The molecule has 1 aliphatic rings. The van der Waals surface area contributed by atoms with E-state index in [2.05, 4.69) is 57.4 Å². The first kappa shape index (κ1) is 10.1. The second kappa shape index (κ2) is 3.30. The zero-order valence-electron chi connectivity index (χ0n) is 9.45. The number of rotatable bonds is 1. The van der Waals surface area contributed by atoms with E-state index in [-0.39, 0.29) is 0 Å². The van der Waals surface area contributed by atoms with E-state index in [1.807, 2.05) is 0 Å². The molecule has 3 atom stereocenters. The minimum absolute atomic E-state index is 0.471. The summed E-state index contributed by atoms with van der Waals surface area (Å²) in [4.78, 5) is 0. The van der Waals surface area contributed by atoms with Crippen LogP contribution >= 0.6 is 0 Å². The van der Waals surface area contributed by atoms with Crippen molar-refractivity contribution in [1.82, 2.24) is 0 Å². The lowest BCUT2D eigenvalue weighted by Crippen LogP contribution is -2.15.